The Balaban J connectivity index is 2.16. The Labute approximate surface area is 140 Å². The van der Waals surface area contributed by atoms with Crippen LogP contribution in [0.4, 0.5) is 10.5 Å². The maximum atomic E-state index is 12.0. The van der Waals surface area contributed by atoms with Crippen molar-refractivity contribution >= 4 is 18.1 Å². The fourth-order valence-electron chi connectivity index (χ4n) is 3.26. The van der Waals surface area contributed by atoms with Gasteiger partial charge in [-0.05, 0) is 31.0 Å². The summed E-state index contributed by atoms with van der Waals surface area (Å²) < 4.78 is 0. The molecule has 0 radical (unpaired) electrons. The monoisotopic (exact) mass is 324 g/mol. The molecule has 0 spiro atoms. The molecule has 5 heteroatoms. The van der Waals surface area contributed by atoms with Crippen LogP contribution in [0.15, 0.2) is 48.5 Å². The topological polar surface area (TPSA) is 69.6 Å². The molecule has 0 aliphatic carbocycles. The number of carbonyl (C=O) groups excluding carboxylic acids is 1. The second kappa shape index (κ2) is 7.27. The van der Waals surface area contributed by atoms with Crippen LogP contribution >= 0.6 is 0 Å². The molecule has 24 heavy (non-hydrogen) atoms. The van der Waals surface area contributed by atoms with Gasteiger partial charge in [0.1, 0.15) is 0 Å². The van der Waals surface area contributed by atoms with Crippen LogP contribution in [0.1, 0.15) is 23.2 Å². The Morgan fingerprint density at radius 1 is 1.17 bits per heavy atom. The first kappa shape index (κ1) is 16.2. The third kappa shape index (κ3) is 3.16. The van der Waals surface area contributed by atoms with Crippen LogP contribution in [-0.4, -0.2) is 36.6 Å². The average molecular weight is 324 g/mol. The summed E-state index contributed by atoms with van der Waals surface area (Å²) in [4.78, 5) is 25.0. The van der Waals surface area contributed by atoms with E-state index in [1.807, 2.05) is 36.4 Å². The van der Waals surface area contributed by atoms with Crippen LogP contribution < -0.4 is 10.2 Å². The molecule has 3 rings (SSSR count). The van der Waals surface area contributed by atoms with Gasteiger partial charge in [0.15, 0.2) is 6.29 Å². The largest absolute Gasteiger partial charge is 0.465 e. The van der Waals surface area contributed by atoms with Gasteiger partial charge in [-0.15, -0.1) is 0 Å². The number of para-hydroxylation sites is 1. The molecule has 1 aliphatic rings. The van der Waals surface area contributed by atoms with Crippen LogP contribution in [0.3, 0.4) is 0 Å². The smallest absolute Gasteiger partial charge is 0.412 e. The third-order valence-corrected chi connectivity index (χ3v) is 4.36. The molecule has 2 aromatic carbocycles. The van der Waals surface area contributed by atoms with E-state index in [4.69, 9.17) is 0 Å². The molecule has 1 unspecified atom stereocenters. The molecule has 1 amide bonds. The third-order valence-electron chi connectivity index (χ3n) is 4.36. The van der Waals surface area contributed by atoms with Crippen molar-refractivity contribution in [3.8, 4) is 11.1 Å². The van der Waals surface area contributed by atoms with Gasteiger partial charge >= 0.3 is 6.09 Å². The molecule has 1 aliphatic heterocycles. The molecule has 124 valence electrons. The molecule has 0 aromatic heterocycles. The van der Waals surface area contributed by atoms with Crippen molar-refractivity contribution in [1.82, 2.24) is 5.32 Å². The summed E-state index contributed by atoms with van der Waals surface area (Å²) >= 11 is 0. The number of nitrogens with one attached hydrogen (secondary N) is 1. The lowest BCUT2D eigenvalue weighted by atomic mass is 9.97. The van der Waals surface area contributed by atoms with E-state index in [0.717, 1.165) is 36.8 Å². The van der Waals surface area contributed by atoms with E-state index in [9.17, 15) is 14.7 Å². The first-order valence-electron chi connectivity index (χ1n) is 8.09. The standard InChI is InChI=1S/C19H20N2O3/c22-13-15-8-4-10-17(14-6-2-1-3-7-14)18(15)21(19(23)24)16-9-5-11-20-12-16/h1-4,6-8,10,13,16,20H,5,9,11-12H2,(H,23,24). The van der Waals surface area contributed by atoms with Crippen molar-refractivity contribution in [2.45, 2.75) is 18.9 Å². The molecule has 1 atom stereocenters. The molecular formula is C19H20N2O3. The quantitative estimate of drug-likeness (QED) is 0.846. The molecule has 0 saturated carbocycles. The number of aldehydes is 1. The summed E-state index contributed by atoms with van der Waals surface area (Å²) in [6.07, 6.45) is 1.39. The van der Waals surface area contributed by atoms with Crippen molar-refractivity contribution < 1.29 is 14.7 Å². The molecule has 5 nitrogen and oxygen atoms in total. The Hall–Kier alpha value is -2.66. The van der Waals surface area contributed by atoms with E-state index in [1.165, 1.54) is 4.90 Å². The second-order valence-corrected chi connectivity index (χ2v) is 5.88. The first-order chi connectivity index (χ1) is 11.7. The Kier molecular flexibility index (Phi) is 4.91. The number of benzene rings is 2. The highest BCUT2D eigenvalue weighted by Gasteiger charge is 2.30. The van der Waals surface area contributed by atoms with Gasteiger partial charge < -0.3 is 10.4 Å². The van der Waals surface area contributed by atoms with Gasteiger partial charge in [-0.25, -0.2) is 4.79 Å². The summed E-state index contributed by atoms with van der Waals surface area (Å²) in [6.45, 7) is 1.48. The van der Waals surface area contributed by atoms with Gasteiger partial charge in [0.25, 0.3) is 0 Å². The van der Waals surface area contributed by atoms with Crippen molar-refractivity contribution in [2.75, 3.05) is 18.0 Å². The number of hydrogen-bond acceptors (Lipinski definition) is 3. The van der Waals surface area contributed by atoms with Crippen molar-refractivity contribution in [1.29, 1.82) is 0 Å². The molecule has 2 N–H and O–H groups in total. The summed E-state index contributed by atoms with van der Waals surface area (Å²) in [7, 11) is 0. The van der Waals surface area contributed by atoms with E-state index < -0.39 is 6.09 Å². The first-order valence-corrected chi connectivity index (χ1v) is 8.09. The Morgan fingerprint density at radius 2 is 1.96 bits per heavy atom. The van der Waals surface area contributed by atoms with Gasteiger partial charge in [-0.2, -0.15) is 0 Å². The minimum atomic E-state index is -1.03. The zero-order valence-corrected chi connectivity index (χ0v) is 13.3. The van der Waals surface area contributed by atoms with Gasteiger partial charge in [-0.1, -0.05) is 42.5 Å². The van der Waals surface area contributed by atoms with Gasteiger partial charge in [0, 0.05) is 17.7 Å². The van der Waals surface area contributed by atoms with Crippen molar-refractivity contribution in [3.05, 3.63) is 54.1 Å². The number of rotatable bonds is 4. The molecule has 1 saturated heterocycles. The molecule has 0 bridgehead atoms. The van der Waals surface area contributed by atoms with Crippen molar-refractivity contribution in [3.63, 3.8) is 0 Å². The number of piperidine rings is 1. The average Bonchev–Trinajstić information content (AvgIpc) is 2.63. The van der Waals surface area contributed by atoms with E-state index in [0.29, 0.717) is 17.8 Å². The van der Waals surface area contributed by atoms with Crippen molar-refractivity contribution in [2.24, 2.45) is 0 Å². The number of nitrogens with zero attached hydrogens (tertiary/aromatic N) is 1. The number of amides is 1. The molecule has 2 aromatic rings. The molecule has 1 heterocycles. The zero-order valence-electron chi connectivity index (χ0n) is 13.3. The van der Waals surface area contributed by atoms with E-state index in [-0.39, 0.29) is 6.04 Å². The number of hydrogen-bond donors (Lipinski definition) is 2. The maximum absolute atomic E-state index is 12.0. The highest BCUT2D eigenvalue weighted by Crippen LogP contribution is 2.35. The second-order valence-electron chi connectivity index (χ2n) is 5.88. The molecular weight excluding hydrogens is 304 g/mol. The van der Waals surface area contributed by atoms with Gasteiger partial charge in [-0.3, -0.25) is 9.69 Å². The van der Waals surface area contributed by atoms with Crippen LogP contribution in [0.5, 0.6) is 0 Å². The van der Waals surface area contributed by atoms with Gasteiger partial charge in [0.2, 0.25) is 0 Å². The molecule has 1 fully saturated rings. The normalized spacial score (nSPS) is 17.2. The Morgan fingerprint density at radius 3 is 2.58 bits per heavy atom. The fraction of sp³-hybridized carbons (Fsp3) is 0.263. The predicted molar refractivity (Wildman–Crippen MR) is 93.7 cm³/mol. The summed E-state index contributed by atoms with van der Waals surface area (Å²) in [6, 6.07) is 14.7. The summed E-state index contributed by atoms with van der Waals surface area (Å²) in [5, 5.41) is 13.1. The fourth-order valence-corrected chi connectivity index (χ4v) is 3.26. The lowest BCUT2D eigenvalue weighted by Crippen LogP contribution is -2.49. The predicted octanol–water partition coefficient (Wildman–Crippen LogP) is 3.40. The van der Waals surface area contributed by atoms with E-state index in [1.54, 1.807) is 12.1 Å². The number of carboxylic acid groups (broad SMARTS) is 1. The highest BCUT2D eigenvalue weighted by atomic mass is 16.4. The number of anilines is 1. The Bertz CT molecular complexity index is 725. The van der Waals surface area contributed by atoms with Crippen LogP contribution in [0.25, 0.3) is 11.1 Å². The zero-order chi connectivity index (χ0) is 16.9. The van der Waals surface area contributed by atoms with Crippen LogP contribution in [0.2, 0.25) is 0 Å². The van der Waals surface area contributed by atoms with E-state index >= 15 is 0 Å². The maximum Gasteiger partial charge on any atom is 0.412 e. The summed E-state index contributed by atoms with van der Waals surface area (Å²) in [5.41, 5.74) is 2.52. The minimum absolute atomic E-state index is 0.181. The lowest BCUT2D eigenvalue weighted by molar-refractivity contribution is 0.112. The van der Waals surface area contributed by atoms with Crippen LogP contribution in [0, 0.1) is 0 Å². The number of carbonyl (C=O) groups is 2. The van der Waals surface area contributed by atoms with E-state index in [2.05, 4.69) is 5.32 Å². The summed E-state index contributed by atoms with van der Waals surface area (Å²) in [5.74, 6) is 0. The highest BCUT2D eigenvalue weighted by molar-refractivity contribution is 6.01. The van der Waals surface area contributed by atoms with Gasteiger partial charge in [0.05, 0.1) is 11.7 Å². The lowest BCUT2D eigenvalue weighted by Gasteiger charge is -2.34. The van der Waals surface area contributed by atoms with Crippen LogP contribution in [-0.2, 0) is 0 Å². The SMILES string of the molecule is O=Cc1cccc(-c2ccccc2)c1N(C(=O)O)C1CCCNC1. The minimum Gasteiger partial charge on any atom is -0.465 e.